The average Bonchev–Trinajstić information content (AvgIpc) is 2.90. The lowest BCUT2D eigenvalue weighted by atomic mass is 9.95. The Morgan fingerprint density at radius 3 is 1.60 bits per heavy atom. The van der Waals surface area contributed by atoms with Gasteiger partial charge in [0.25, 0.3) is 0 Å². The average molecular weight is 538 g/mol. The van der Waals surface area contributed by atoms with Gasteiger partial charge in [0, 0.05) is 35.4 Å². The third-order valence-corrected chi connectivity index (χ3v) is 6.49. The van der Waals surface area contributed by atoms with E-state index in [2.05, 4.69) is 0 Å². The van der Waals surface area contributed by atoms with Crippen molar-refractivity contribution in [1.82, 2.24) is 0 Å². The van der Waals surface area contributed by atoms with E-state index in [1.54, 1.807) is 0 Å². The number of phenolic OH excluding ortho intramolecular Hbond substituents is 5. The monoisotopic (exact) mass is 538 g/mol. The molecule has 0 radical (unpaired) electrons. The second-order valence-electron chi connectivity index (χ2n) is 9.03. The van der Waals surface area contributed by atoms with Crippen molar-refractivity contribution in [2.45, 2.75) is 0 Å². The maximum atomic E-state index is 13.5. The second kappa shape index (κ2) is 8.84. The zero-order valence-electron chi connectivity index (χ0n) is 20.2. The van der Waals surface area contributed by atoms with Crippen LogP contribution in [-0.4, -0.2) is 30.6 Å². The summed E-state index contributed by atoms with van der Waals surface area (Å²) in [7, 11) is 0. The molecule has 1 aromatic heterocycles. The number of hydrogen-bond donors (Lipinski definition) is 6. The SMILES string of the molecule is O=c1c2c(O)cc(-c3ccc(O)cc3)oc-2cc(O)c1-c1c(O)cc2oc(-c3ccc(O)cc3)cc(=O)c2c1O. The van der Waals surface area contributed by atoms with Crippen molar-refractivity contribution < 1.29 is 39.5 Å². The van der Waals surface area contributed by atoms with E-state index in [1.807, 2.05) is 0 Å². The third kappa shape index (κ3) is 3.82. The van der Waals surface area contributed by atoms with Crippen LogP contribution in [0.1, 0.15) is 0 Å². The van der Waals surface area contributed by atoms with Crippen LogP contribution in [0.5, 0.6) is 34.5 Å². The van der Waals surface area contributed by atoms with Gasteiger partial charge in [0.2, 0.25) is 5.43 Å². The fourth-order valence-corrected chi connectivity index (χ4v) is 4.60. The molecule has 6 N–H and O–H groups in total. The standard InChI is InChI=1S/C30H18O10/c31-15-5-1-13(2-6-15)21-9-17(33)25-23(39-21)11-19(35)27(29(25)37)28-20(36)12-24-26(30(28)38)18(34)10-22(40-24)14-3-7-16(32)8-4-14/h1-12,31-33,35-36,38H. The Hall–Kier alpha value is -5.90. The molecule has 198 valence electrons. The summed E-state index contributed by atoms with van der Waals surface area (Å²) in [6.07, 6.45) is 0. The molecule has 1 aliphatic heterocycles. The molecule has 0 fully saturated rings. The fourth-order valence-electron chi connectivity index (χ4n) is 4.60. The summed E-state index contributed by atoms with van der Waals surface area (Å²) in [5.41, 5.74) is -2.43. The van der Waals surface area contributed by atoms with E-state index >= 15 is 0 Å². The highest BCUT2D eigenvalue weighted by Crippen LogP contribution is 2.47. The largest absolute Gasteiger partial charge is 0.508 e. The highest BCUT2D eigenvalue weighted by atomic mass is 16.3. The van der Waals surface area contributed by atoms with Crippen LogP contribution in [0.15, 0.2) is 91.2 Å². The molecule has 0 saturated heterocycles. The van der Waals surface area contributed by atoms with Crippen molar-refractivity contribution in [3.05, 3.63) is 93.2 Å². The Morgan fingerprint density at radius 2 is 1.00 bits per heavy atom. The van der Waals surface area contributed by atoms with E-state index in [9.17, 15) is 40.2 Å². The van der Waals surface area contributed by atoms with Crippen LogP contribution < -0.4 is 10.9 Å². The lowest BCUT2D eigenvalue weighted by Gasteiger charge is -2.15. The maximum absolute atomic E-state index is 13.5. The molecule has 0 spiro atoms. The minimum Gasteiger partial charge on any atom is -0.508 e. The zero-order chi connectivity index (χ0) is 28.3. The maximum Gasteiger partial charge on any atom is 0.205 e. The van der Waals surface area contributed by atoms with Crippen molar-refractivity contribution >= 4 is 11.0 Å². The number of phenols is 5. The van der Waals surface area contributed by atoms with Crippen molar-refractivity contribution in [3.8, 4) is 79.6 Å². The van der Waals surface area contributed by atoms with Crippen LogP contribution >= 0.6 is 0 Å². The topological polar surface area (TPSA) is 182 Å². The van der Waals surface area contributed by atoms with Crippen molar-refractivity contribution in [1.29, 1.82) is 0 Å². The van der Waals surface area contributed by atoms with Crippen molar-refractivity contribution in [3.63, 3.8) is 0 Å². The Bertz CT molecular complexity index is 2030. The summed E-state index contributed by atoms with van der Waals surface area (Å²) in [6.45, 7) is 0. The molecule has 0 amide bonds. The smallest absolute Gasteiger partial charge is 0.205 e. The van der Waals surface area contributed by atoms with Crippen LogP contribution in [0.3, 0.4) is 0 Å². The van der Waals surface area contributed by atoms with E-state index in [-0.39, 0.29) is 45.3 Å². The van der Waals surface area contributed by atoms with Crippen molar-refractivity contribution in [2.75, 3.05) is 0 Å². The normalized spacial score (nSPS) is 11.3. The molecular weight excluding hydrogens is 520 g/mol. The van der Waals surface area contributed by atoms with Gasteiger partial charge in [-0.3, -0.25) is 9.59 Å². The molecule has 6 rings (SSSR count). The first-order valence-electron chi connectivity index (χ1n) is 11.8. The molecule has 40 heavy (non-hydrogen) atoms. The summed E-state index contributed by atoms with van der Waals surface area (Å²) in [5.74, 6) is -2.64. The van der Waals surface area contributed by atoms with Gasteiger partial charge in [-0.1, -0.05) is 0 Å². The predicted molar refractivity (Wildman–Crippen MR) is 144 cm³/mol. The summed E-state index contributed by atoms with van der Waals surface area (Å²) < 4.78 is 11.4. The Balaban J connectivity index is 1.55. The van der Waals surface area contributed by atoms with Gasteiger partial charge in [0.05, 0.1) is 11.1 Å². The summed E-state index contributed by atoms with van der Waals surface area (Å²) in [5, 5.41) is 62.1. The molecule has 10 heteroatoms. The third-order valence-electron chi connectivity index (χ3n) is 6.49. The zero-order valence-corrected chi connectivity index (χ0v) is 20.2. The molecule has 2 heterocycles. The molecule has 0 saturated carbocycles. The quantitative estimate of drug-likeness (QED) is 0.178. The molecule has 3 aromatic carbocycles. The number of benzene rings is 4. The fraction of sp³-hybridized carbons (Fsp3) is 0. The Kier molecular flexibility index (Phi) is 5.40. The summed E-state index contributed by atoms with van der Waals surface area (Å²) >= 11 is 0. The van der Waals surface area contributed by atoms with E-state index < -0.39 is 45.0 Å². The lowest BCUT2D eigenvalue weighted by Crippen LogP contribution is -2.11. The molecule has 2 aliphatic rings. The van der Waals surface area contributed by atoms with Gasteiger partial charge in [-0.2, -0.15) is 0 Å². The highest BCUT2D eigenvalue weighted by Gasteiger charge is 2.28. The van der Waals surface area contributed by atoms with Crippen molar-refractivity contribution in [2.24, 2.45) is 0 Å². The van der Waals surface area contributed by atoms with E-state index in [4.69, 9.17) is 8.83 Å². The first kappa shape index (κ1) is 24.4. The molecule has 1 aliphatic carbocycles. The van der Waals surface area contributed by atoms with Gasteiger partial charge in [-0.05, 0) is 48.5 Å². The first-order chi connectivity index (χ1) is 19.1. The highest BCUT2D eigenvalue weighted by molar-refractivity contribution is 5.97. The number of fused-ring (bicyclic) bond motifs is 2. The summed E-state index contributed by atoms with van der Waals surface area (Å²) in [6, 6.07) is 16.0. The van der Waals surface area contributed by atoms with E-state index in [1.165, 1.54) is 54.6 Å². The lowest BCUT2D eigenvalue weighted by molar-refractivity contribution is 0.448. The number of hydrogen-bond acceptors (Lipinski definition) is 10. The van der Waals surface area contributed by atoms with Gasteiger partial charge in [-0.25, -0.2) is 0 Å². The van der Waals surface area contributed by atoms with Crippen LogP contribution in [0.4, 0.5) is 0 Å². The van der Waals surface area contributed by atoms with Gasteiger partial charge in [-0.15, -0.1) is 0 Å². The van der Waals surface area contributed by atoms with Gasteiger partial charge in [0.15, 0.2) is 5.43 Å². The number of aromatic hydroxyl groups is 6. The Labute approximate surface area is 223 Å². The van der Waals surface area contributed by atoms with Crippen LogP contribution in [0.25, 0.3) is 56.1 Å². The molecular formula is C30H18O10. The minimum atomic E-state index is -0.983. The molecule has 0 bridgehead atoms. The molecule has 0 atom stereocenters. The summed E-state index contributed by atoms with van der Waals surface area (Å²) in [4.78, 5) is 26.5. The predicted octanol–water partition coefficient (Wildman–Crippen LogP) is 5.09. The minimum absolute atomic E-state index is 0.00541. The second-order valence-corrected chi connectivity index (χ2v) is 9.03. The van der Waals surface area contributed by atoms with Crippen LogP contribution in [-0.2, 0) is 0 Å². The first-order valence-corrected chi connectivity index (χ1v) is 11.8. The van der Waals surface area contributed by atoms with E-state index in [0.717, 1.165) is 18.2 Å². The van der Waals surface area contributed by atoms with Gasteiger partial charge in [0.1, 0.15) is 68.3 Å². The van der Waals surface area contributed by atoms with Crippen LogP contribution in [0.2, 0.25) is 0 Å². The molecule has 4 aromatic rings. The van der Waals surface area contributed by atoms with Gasteiger partial charge < -0.3 is 39.5 Å². The van der Waals surface area contributed by atoms with Gasteiger partial charge >= 0.3 is 0 Å². The number of rotatable bonds is 3. The van der Waals surface area contributed by atoms with Crippen LogP contribution in [0, 0.1) is 0 Å². The molecule has 0 unspecified atom stereocenters. The Morgan fingerprint density at radius 1 is 0.500 bits per heavy atom. The molecule has 10 nitrogen and oxygen atoms in total. The van der Waals surface area contributed by atoms with E-state index in [0.29, 0.717) is 11.1 Å².